The van der Waals surface area contributed by atoms with E-state index in [1.807, 2.05) is 7.05 Å². The van der Waals surface area contributed by atoms with Crippen molar-refractivity contribution in [1.29, 1.82) is 0 Å². The van der Waals surface area contributed by atoms with Crippen molar-refractivity contribution >= 4 is 0 Å². The molecule has 0 bridgehead atoms. The molecule has 0 amide bonds. The lowest BCUT2D eigenvalue weighted by Gasteiger charge is -2.45. The molecular formula is C15H32N2O2. The van der Waals surface area contributed by atoms with Crippen LogP contribution in [0.25, 0.3) is 0 Å². The Hall–Kier alpha value is -0.160. The molecule has 19 heavy (non-hydrogen) atoms. The van der Waals surface area contributed by atoms with Gasteiger partial charge in [-0.05, 0) is 32.7 Å². The van der Waals surface area contributed by atoms with Gasteiger partial charge in [-0.3, -0.25) is 4.90 Å². The molecule has 0 spiro atoms. The zero-order valence-electron chi connectivity index (χ0n) is 13.3. The van der Waals surface area contributed by atoms with Gasteiger partial charge in [-0.1, -0.05) is 20.3 Å². The molecule has 1 saturated heterocycles. The summed E-state index contributed by atoms with van der Waals surface area (Å²) >= 11 is 0. The van der Waals surface area contributed by atoms with Gasteiger partial charge in [0, 0.05) is 26.2 Å². The van der Waals surface area contributed by atoms with Gasteiger partial charge in [0.25, 0.3) is 0 Å². The van der Waals surface area contributed by atoms with Gasteiger partial charge in [0.1, 0.15) is 0 Å². The maximum atomic E-state index is 9.38. The number of hydrogen-bond acceptors (Lipinski definition) is 4. The van der Waals surface area contributed by atoms with Crippen LogP contribution in [-0.2, 0) is 4.74 Å². The predicted molar refractivity (Wildman–Crippen MR) is 79.4 cm³/mol. The second kappa shape index (κ2) is 7.02. The molecule has 1 heterocycles. The quantitative estimate of drug-likeness (QED) is 0.737. The molecule has 2 atom stereocenters. The van der Waals surface area contributed by atoms with Crippen molar-refractivity contribution in [3.63, 3.8) is 0 Å². The van der Waals surface area contributed by atoms with Crippen molar-refractivity contribution in [2.24, 2.45) is 5.41 Å². The first kappa shape index (κ1) is 16.9. The van der Waals surface area contributed by atoms with Gasteiger partial charge in [0.15, 0.2) is 0 Å². The average Bonchev–Trinajstić information content (AvgIpc) is 2.26. The lowest BCUT2D eigenvalue weighted by atomic mass is 9.84. The molecule has 1 rings (SSSR count). The third kappa shape index (κ3) is 5.38. The highest BCUT2D eigenvalue weighted by Crippen LogP contribution is 2.28. The average molecular weight is 272 g/mol. The summed E-state index contributed by atoms with van der Waals surface area (Å²) in [5.41, 5.74) is 0.120. The fourth-order valence-corrected chi connectivity index (χ4v) is 3.43. The number of morpholine rings is 1. The molecule has 1 aliphatic rings. The first-order chi connectivity index (χ1) is 8.84. The van der Waals surface area contributed by atoms with Gasteiger partial charge in [0.2, 0.25) is 0 Å². The van der Waals surface area contributed by atoms with Crippen LogP contribution in [0.2, 0.25) is 0 Å². The Balaban J connectivity index is 2.67. The Morgan fingerprint density at radius 1 is 1.47 bits per heavy atom. The summed E-state index contributed by atoms with van der Waals surface area (Å²) < 4.78 is 5.88. The van der Waals surface area contributed by atoms with E-state index in [1.54, 1.807) is 0 Å². The highest BCUT2D eigenvalue weighted by atomic mass is 16.5. The minimum Gasteiger partial charge on any atom is -0.394 e. The molecule has 0 aromatic carbocycles. The van der Waals surface area contributed by atoms with Crippen molar-refractivity contribution in [2.45, 2.75) is 52.2 Å². The zero-order chi connectivity index (χ0) is 14.5. The Morgan fingerprint density at radius 2 is 2.16 bits per heavy atom. The monoisotopic (exact) mass is 272 g/mol. The minimum absolute atomic E-state index is 0.0517. The van der Waals surface area contributed by atoms with Crippen molar-refractivity contribution in [2.75, 3.05) is 39.8 Å². The van der Waals surface area contributed by atoms with Crippen molar-refractivity contribution < 1.29 is 9.84 Å². The van der Waals surface area contributed by atoms with Crippen LogP contribution < -0.4 is 5.32 Å². The highest BCUT2D eigenvalue weighted by molar-refractivity contribution is 4.88. The van der Waals surface area contributed by atoms with Crippen LogP contribution in [-0.4, -0.2) is 61.5 Å². The number of rotatable bonds is 7. The summed E-state index contributed by atoms with van der Waals surface area (Å²) in [7, 11) is 2.02. The Bertz CT molecular complexity index is 263. The summed E-state index contributed by atoms with van der Waals surface area (Å²) in [5.74, 6) is 0. The van der Waals surface area contributed by atoms with Gasteiger partial charge in [-0.2, -0.15) is 0 Å². The number of nitrogens with one attached hydrogen (secondary N) is 1. The van der Waals surface area contributed by atoms with E-state index in [9.17, 15) is 5.11 Å². The molecule has 1 aliphatic heterocycles. The fourth-order valence-electron chi connectivity index (χ4n) is 3.43. The molecule has 2 unspecified atom stereocenters. The van der Waals surface area contributed by atoms with Crippen LogP contribution in [0, 0.1) is 5.41 Å². The smallest absolute Gasteiger partial charge is 0.0940 e. The lowest BCUT2D eigenvalue weighted by Crippen LogP contribution is -2.56. The molecule has 1 fully saturated rings. The third-order valence-corrected chi connectivity index (χ3v) is 3.82. The number of nitrogens with zero attached hydrogens (tertiary/aromatic N) is 1. The van der Waals surface area contributed by atoms with Crippen molar-refractivity contribution in [3.05, 3.63) is 0 Å². The Labute approximate surface area is 118 Å². The molecule has 114 valence electrons. The van der Waals surface area contributed by atoms with Crippen LogP contribution in [0.15, 0.2) is 0 Å². The highest BCUT2D eigenvalue weighted by Gasteiger charge is 2.36. The maximum Gasteiger partial charge on any atom is 0.0940 e. The molecule has 0 aliphatic carbocycles. The first-order valence-corrected chi connectivity index (χ1v) is 7.50. The van der Waals surface area contributed by atoms with Crippen LogP contribution in [0.5, 0.6) is 0 Å². The Morgan fingerprint density at radius 3 is 2.68 bits per heavy atom. The zero-order valence-corrected chi connectivity index (χ0v) is 13.3. The van der Waals surface area contributed by atoms with Gasteiger partial charge in [-0.25, -0.2) is 0 Å². The van der Waals surface area contributed by atoms with Crippen molar-refractivity contribution in [3.8, 4) is 0 Å². The minimum atomic E-state index is -0.168. The van der Waals surface area contributed by atoms with E-state index < -0.39 is 0 Å². The Kier molecular flexibility index (Phi) is 6.24. The third-order valence-electron chi connectivity index (χ3n) is 3.82. The van der Waals surface area contributed by atoms with Crippen LogP contribution >= 0.6 is 0 Å². The summed E-state index contributed by atoms with van der Waals surface area (Å²) in [4.78, 5) is 2.46. The summed E-state index contributed by atoms with van der Waals surface area (Å²) in [6.45, 7) is 12.8. The van der Waals surface area contributed by atoms with E-state index in [1.165, 1.54) is 12.8 Å². The van der Waals surface area contributed by atoms with Crippen LogP contribution in [0.3, 0.4) is 0 Å². The van der Waals surface area contributed by atoms with Gasteiger partial charge < -0.3 is 15.2 Å². The van der Waals surface area contributed by atoms with Crippen LogP contribution in [0.1, 0.15) is 40.5 Å². The van der Waals surface area contributed by atoms with E-state index in [0.717, 1.165) is 26.2 Å². The largest absolute Gasteiger partial charge is 0.394 e. The van der Waals surface area contributed by atoms with Gasteiger partial charge in [-0.15, -0.1) is 0 Å². The second-order valence-corrected chi connectivity index (χ2v) is 6.94. The molecule has 2 N–H and O–H groups in total. The molecule has 0 saturated carbocycles. The normalized spacial score (nSPS) is 27.2. The first-order valence-electron chi connectivity index (χ1n) is 7.50. The second-order valence-electron chi connectivity index (χ2n) is 6.94. The number of aliphatic hydroxyl groups excluding tert-OH is 1. The SMILES string of the molecule is CCCC(C)(CNC)CN1CC(CO)OC(C)(C)C1. The molecular weight excluding hydrogens is 240 g/mol. The summed E-state index contributed by atoms with van der Waals surface area (Å²) in [6, 6.07) is 0. The lowest BCUT2D eigenvalue weighted by molar-refractivity contribution is -0.153. The van der Waals surface area contributed by atoms with Crippen molar-refractivity contribution in [1.82, 2.24) is 10.2 Å². The molecule has 0 radical (unpaired) electrons. The van der Waals surface area contributed by atoms with Gasteiger partial charge >= 0.3 is 0 Å². The standard InChI is InChI=1S/C15H32N2O2/c1-6-7-15(4,10-16-5)12-17-8-13(9-18)19-14(2,3)11-17/h13,16,18H,6-12H2,1-5H3. The maximum absolute atomic E-state index is 9.38. The molecule has 4 nitrogen and oxygen atoms in total. The molecule has 4 heteroatoms. The number of aliphatic hydroxyl groups is 1. The number of hydrogen-bond donors (Lipinski definition) is 2. The topological polar surface area (TPSA) is 44.7 Å². The van der Waals surface area contributed by atoms with E-state index in [4.69, 9.17) is 4.74 Å². The van der Waals surface area contributed by atoms with E-state index in [2.05, 4.69) is 37.9 Å². The summed E-state index contributed by atoms with van der Waals surface area (Å²) in [5, 5.41) is 12.7. The van der Waals surface area contributed by atoms with E-state index >= 15 is 0 Å². The van der Waals surface area contributed by atoms with E-state index in [0.29, 0.717) is 0 Å². The summed E-state index contributed by atoms with van der Waals surface area (Å²) in [6.07, 6.45) is 2.37. The molecule has 0 aromatic heterocycles. The van der Waals surface area contributed by atoms with Gasteiger partial charge in [0.05, 0.1) is 18.3 Å². The fraction of sp³-hybridized carbons (Fsp3) is 1.00. The van der Waals surface area contributed by atoms with Crippen LogP contribution in [0.4, 0.5) is 0 Å². The molecule has 0 aromatic rings. The predicted octanol–water partition coefficient (Wildman–Crippen LogP) is 1.48. The number of ether oxygens (including phenoxy) is 1. The van der Waals surface area contributed by atoms with E-state index in [-0.39, 0.29) is 23.7 Å².